The zero-order valence-electron chi connectivity index (χ0n) is 25.6. The van der Waals surface area contributed by atoms with Gasteiger partial charge in [-0.25, -0.2) is 0 Å². The van der Waals surface area contributed by atoms with Crippen LogP contribution in [-0.4, -0.2) is 56.4 Å². The Morgan fingerprint density at radius 2 is 1.05 bits per heavy atom. The van der Waals surface area contributed by atoms with Crippen LogP contribution >= 0.6 is 37.3 Å². The van der Waals surface area contributed by atoms with Crippen LogP contribution < -0.4 is 29.5 Å². The van der Waals surface area contributed by atoms with Crippen LogP contribution in [0.3, 0.4) is 0 Å². The number of benzene rings is 4. The van der Waals surface area contributed by atoms with Crippen molar-refractivity contribution >= 4 is 66.8 Å². The summed E-state index contributed by atoms with van der Waals surface area (Å²) in [7, 11) is 7.72. The Bertz CT molecular complexity index is 1140. The molecule has 0 N–H and O–H groups in total. The van der Waals surface area contributed by atoms with Gasteiger partial charge in [0.15, 0.2) is 6.78 Å². The molecular weight excluding hydrogens is 571 g/mol. The second-order valence-electron chi connectivity index (χ2n) is 9.25. The molecule has 0 unspecified atom stereocenters. The average molecular weight is 610 g/mol. The first-order valence-corrected chi connectivity index (χ1v) is 17.1. The number of hydrogen-bond donors (Lipinski definition) is 0. The van der Waals surface area contributed by atoms with Crippen LogP contribution in [0.5, 0.6) is 0 Å². The zero-order valence-corrected chi connectivity index (χ0v) is 28.9. The Hall–Kier alpha value is -0.695. The van der Waals surface area contributed by atoms with Gasteiger partial charge >= 0.3 is 18.9 Å². The fourth-order valence-corrected chi connectivity index (χ4v) is 6.62. The molecule has 208 valence electrons. The molecule has 1 aliphatic heterocycles. The molecule has 2 nitrogen and oxygen atoms in total. The Labute approximate surface area is 285 Å². The quantitative estimate of drug-likeness (QED) is 0.177. The summed E-state index contributed by atoms with van der Waals surface area (Å²) in [6.07, 6.45) is 4.42. The SMILES string of the molecule is CN(C)P(Cl)Cl.CN(C)P1c2ccccc2CCc2ccccc21.[CH3+].[Li+].[Li-].[c-]1ccccc1CCc1[c-]cccc1. The maximum atomic E-state index is 5.37. The smallest absolute Gasteiger partial charge is 1.00 e. The van der Waals surface area contributed by atoms with E-state index in [0.29, 0.717) is 0 Å². The molecule has 0 bridgehead atoms. The van der Waals surface area contributed by atoms with E-state index in [9.17, 15) is 0 Å². The number of nitrogens with zero attached hydrogens (tertiary/aromatic N) is 2. The van der Waals surface area contributed by atoms with E-state index in [1.807, 2.05) is 38.4 Å². The minimum Gasteiger partial charge on any atom is -1.00 e. The fourth-order valence-electron chi connectivity index (χ4n) is 4.13. The third-order valence-electron chi connectivity index (χ3n) is 6.02. The second-order valence-corrected chi connectivity index (χ2v) is 15.3. The number of aryl methyl sites for hydroxylation is 4. The van der Waals surface area contributed by atoms with E-state index in [1.54, 1.807) is 4.67 Å². The first kappa shape index (κ1) is 40.3. The molecule has 0 saturated heterocycles. The predicted molar refractivity (Wildman–Crippen MR) is 183 cm³/mol. The van der Waals surface area contributed by atoms with Gasteiger partial charge in [0.1, 0.15) is 0 Å². The Morgan fingerprint density at radius 1 is 0.683 bits per heavy atom. The minimum absolute atomic E-state index is 0. The van der Waals surface area contributed by atoms with Crippen molar-refractivity contribution in [1.82, 2.24) is 9.34 Å². The normalized spacial score (nSPS) is 11.6. The van der Waals surface area contributed by atoms with Crippen LogP contribution in [0.15, 0.2) is 97.1 Å². The van der Waals surface area contributed by atoms with Gasteiger partial charge in [0.2, 0.25) is 0 Å². The monoisotopic (exact) mass is 609 g/mol. The van der Waals surface area contributed by atoms with Crippen LogP contribution in [0.4, 0.5) is 0 Å². The van der Waals surface area contributed by atoms with Gasteiger partial charge in [0, 0.05) is 15.5 Å². The maximum Gasteiger partial charge on any atom is 1.00 e. The summed E-state index contributed by atoms with van der Waals surface area (Å²) in [6, 6.07) is 40.6. The van der Waals surface area contributed by atoms with E-state index in [2.05, 4.69) is 104 Å². The molecule has 2 radical (unpaired) electrons. The third kappa shape index (κ3) is 13.6. The summed E-state index contributed by atoms with van der Waals surface area (Å²) in [5.41, 5.74) is 5.58. The Balaban J connectivity index is 0.000000627. The van der Waals surface area contributed by atoms with Crippen molar-refractivity contribution in [2.75, 3.05) is 28.2 Å². The van der Waals surface area contributed by atoms with E-state index in [4.69, 9.17) is 22.5 Å². The van der Waals surface area contributed by atoms with Gasteiger partial charge in [0.25, 0.3) is 0 Å². The van der Waals surface area contributed by atoms with Gasteiger partial charge in [-0.3, -0.25) is 9.34 Å². The maximum absolute atomic E-state index is 5.37. The number of rotatable bonds is 5. The molecule has 0 atom stereocenters. The molecule has 0 aromatic heterocycles. The molecule has 4 aromatic rings. The third-order valence-corrected chi connectivity index (χ3v) is 11.0. The summed E-state index contributed by atoms with van der Waals surface area (Å²) in [5, 5.41) is 3.06. The standard InChI is InChI=1S/C16H18NP.C14H12.C2H6Cl2NP.CH3.2Li/c1-17(2)18-15-9-5-3-7-13(15)11-12-14-8-4-6-10-16(14)18;1-3-7-13(8-4-1)11-12-14-9-5-2-6-10-14;1-5(2)6(3)4;;;/h3-10H,11-12H2,1-2H3;1-7,9H,11-12H2;1-2H3;1H3;;/q;-2;;+1;-1;+1. The largest absolute Gasteiger partial charge is 1.00 e. The zero-order chi connectivity index (χ0) is 27.3. The Kier molecular flexibility index (Phi) is 21.5. The van der Waals surface area contributed by atoms with E-state index in [1.165, 1.54) is 45.7 Å². The topological polar surface area (TPSA) is 6.48 Å². The molecule has 0 aliphatic carbocycles. The first-order chi connectivity index (χ1) is 18.4. The van der Waals surface area contributed by atoms with Crippen molar-refractivity contribution in [2.24, 2.45) is 0 Å². The molecule has 41 heavy (non-hydrogen) atoms. The second kappa shape index (κ2) is 21.9. The van der Waals surface area contributed by atoms with Gasteiger partial charge in [-0.1, -0.05) is 71.0 Å². The molecule has 4 aromatic carbocycles. The van der Waals surface area contributed by atoms with Crippen molar-refractivity contribution in [2.45, 2.75) is 25.7 Å². The van der Waals surface area contributed by atoms with Crippen molar-refractivity contribution in [3.63, 3.8) is 0 Å². The molecular formula is C33H39Cl2Li2N2P2-. The van der Waals surface area contributed by atoms with Gasteiger partial charge < -0.3 is 18.9 Å². The minimum atomic E-state index is -0.882. The van der Waals surface area contributed by atoms with E-state index in [0.717, 1.165) is 12.8 Å². The van der Waals surface area contributed by atoms with E-state index in [-0.39, 0.29) is 53.2 Å². The van der Waals surface area contributed by atoms with E-state index >= 15 is 0 Å². The molecule has 0 saturated carbocycles. The molecule has 0 fully saturated rings. The first-order valence-electron chi connectivity index (χ1n) is 12.7. The van der Waals surface area contributed by atoms with Crippen LogP contribution in [0, 0.1) is 19.6 Å². The van der Waals surface area contributed by atoms with Gasteiger partial charge in [-0.15, -0.1) is 0 Å². The number of halogens is 2. The van der Waals surface area contributed by atoms with Crippen molar-refractivity contribution in [3.05, 3.63) is 139 Å². The van der Waals surface area contributed by atoms with Crippen LogP contribution in [0.2, 0.25) is 0 Å². The summed E-state index contributed by atoms with van der Waals surface area (Å²) in [4.78, 5) is 0. The van der Waals surface area contributed by atoms with Crippen LogP contribution in [-0.2, 0) is 25.7 Å². The average Bonchev–Trinajstić information content (AvgIpc) is 3.11. The molecule has 5 rings (SSSR count). The van der Waals surface area contributed by atoms with Gasteiger partial charge in [-0.2, -0.15) is 71.8 Å². The Morgan fingerprint density at radius 3 is 1.37 bits per heavy atom. The number of fused-ring (bicyclic) bond motifs is 2. The van der Waals surface area contributed by atoms with Gasteiger partial charge in [-0.05, 0) is 75.6 Å². The molecule has 8 heteroatoms. The molecule has 1 aliphatic rings. The predicted octanol–water partition coefficient (Wildman–Crippen LogP) is 5.09. The summed E-state index contributed by atoms with van der Waals surface area (Å²) >= 11 is 10.7. The van der Waals surface area contributed by atoms with Crippen LogP contribution in [0.25, 0.3) is 0 Å². The number of hydrogen-bond acceptors (Lipinski definition) is 2. The molecule has 1 heterocycles. The van der Waals surface area contributed by atoms with Crippen molar-refractivity contribution in [1.29, 1.82) is 0 Å². The summed E-state index contributed by atoms with van der Waals surface area (Å²) in [5.74, 6) is 0. The summed E-state index contributed by atoms with van der Waals surface area (Å²) < 4.78 is 4.15. The molecule has 0 spiro atoms. The molecule has 0 amide bonds. The fraction of sp³-hybridized carbons (Fsp3) is 0.242. The van der Waals surface area contributed by atoms with Crippen LogP contribution in [0.1, 0.15) is 22.3 Å². The van der Waals surface area contributed by atoms with Crippen molar-refractivity contribution in [3.8, 4) is 0 Å². The summed E-state index contributed by atoms with van der Waals surface area (Å²) in [6.45, 7) is -0.882. The van der Waals surface area contributed by atoms with Crippen molar-refractivity contribution < 1.29 is 18.9 Å². The van der Waals surface area contributed by atoms with E-state index < -0.39 is 6.78 Å². The van der Waals surface area contributed by atoms with Gasteiger partial charge in [0.05, 0.1) is 0 Å².